The van der Waals surface area contributed by atoms with E-state index in [1.807, 2.05) is 18.2 Å². The van der Waals surface area contributed by atoms with Gasteiger partial charge >= 0.3 is 6.16 Å². The van der Waals surface area contributed by atoms with Crippen LogP contribution >= 0.6 is 0 Å². The minimum atomic E-state index is -0.910. The van der Waals surface area contributed by atoms with E-state index in [-0.39, 0.29) is 5.78 Å². The highest BCUT2D eigenvalue weighted by molar-refractivity contribution is 6.08. The van der Waals surface area contributed by atoms with E-state index in [9.17, 15) is 9.59 Å². The normalized spacial score (nSPS) is 12.3. The van der Waals surface area contributed by atoms with Gasteiger partial charge in [0.1, 0.15) is 11.7 Å². The smallest absolute Gasteiger partial charge is 0.424 e. The number of rotatable bonds is 5. The molecule has 0 heterocycles. The zero-order valence-corrected chi connectivity index (χ0v) is 14.8. The Balaban J connectivity index is 1.97. The predicted molar refractivity (Wildman–Crippen MR) is 93.1 cm³/mol. The number of benzene rings is 2. The molecule has 0 fully saturated rings. The van der Waals surface area contributed by atoms with E-state index < -0.39 is 17.9 Å². The second-order valence-electron chi connectivity index (χ2n) is 6.61. The molecule has 1 unspecified atom stereocenters. The molecule has 0 N–H and O–H groups in total. The van der Waals surface area contributed by atoms with Crippen LogP contribution in [0, 0.1) is 0 Å². The lowest BCUT2D eigenvalue weighted by atomic mass is 10.0. The maximum atomic E-state index is 12.4. The first-order valence-corrected chi connectivity index (χ1v) is 8.02. The maximum Gasteiger partial charge on any atom is 0.541 e. The number of carbonyl (C=O) groups excluding carboxylic acids is 2. The summed E-state index contributed by atoms with van der Waals surface area (Å²) in [5.74, 6) is -0.0568. The van der Waals surface area contributed by atoms with E-state index in [0.29, 0.717) is 11.1 Å². The third-order valence-electron chi connectivity index (χ3n) is 3.31. The molecule has 0 amide bonds. The lowest BCUT2D eigenvalue weighted by molar-refractivity contribution is -0.313. The lowest BCUT2D eigenvalue weighted by Gasteiger charge is -2.18. The quantitative estimate of drug-likeness (QED) is 0.336. The lowest BCUT2D eigenvalue weighted by Crippen LogP contribution is -2.22. The third kappa shape index (κ3) is 5.72. The first-order valence-electron chi connectivity index (χ1n) is 8.02. The molecule has 0 aliphatic carbocycles. The number of hydrogen-bond acceptors (Lipinski definition) is 5. The van der Waals surface area contributed by atoms with Crippen molar-refractivity contribution in [2.24, 2.45) is 0 Å². The number of carbonyl (C=O) groups is 2. The number of ketones is 1. The Bertz CT molecular complexity index is 714. The zero-order chi connectivity index (χ0) is 18.4. The largest absolute Gasteiger partial charge is 0.541 e. The topological polar surface area (TPSA) is 61.8 Å². The first-order chi connectivity index (χ1) is 11.8. The fourth-order valence-electron chi connectivity index (χ4n) is 2.05. The van der Waals surface area contributed by atoms with Crippen LogP contribution in [0.5, 0.6) is 0 Å². The summed E-state index contributed by atoms with van der Waals surface area (Å²) < 4.78 is 5.15. The van der Waals surface area contributed by atoms with Crippen molar-refractivity contribution in [1.82, 2.24) is 0 Å². The molecule has 0 aromatic heterocycles. The van der Waals surface area contributed by atoms with Crippen molar-refractivity contribution in [1.29, 1.82) is 0 Å². The van der Waals surface area contributed by atoms with E-state index in [4.69, 9.17) is 9.62 Å². The van der Waals surface area contributed by atoms with Gasteiger partial charge in [0.15, 0.2) is 5.78 Å². The molecule has 2 aromatic carbocycles. The van der Waals surface area contributed by atoms with Gasteiger partial charge in [-0.2, -0.15) is 4.89 Å². The molecular weight excluding hydrogens is 320 g/mol. The Hall–Kier alpha value is -2.66. The van der Waals surface area contributed by atoms with E-state index in [1.54, 1.807) is 64.1 Å². The van der Waals surface area contributed by atoms with E-state index in [0.717, 1.165) is 5.56 Å². The molecule has 0 aliphatic heterocycles. The summed E-state index contributed by atoms with van der Waals surface area (Å²) in [6, 6.07) is 16.0. The fourth-order valence-corrected chi connectivity index (χ4v) is 2.05. The van der Waals surface area contributed by atoms with Gasteiger partial charge in [-0.15, -0.1) is 0 Å². The summed E-state index contributed by atoms with van der Waals surface area (Å²) >= 11 is 0. The molecule has 0 bridgehead atoms. The SMILES string of the molecule is CC(OC(=O)OOC(C)(C)C)c1ccc(C(=O)c2ccccc2)cc1. The van der Waals surface area contributed by atoms with Crippen molar-refractivity contribution >= 4 is 11.9 Å². The highest BCUT2D eigenvalue weighted by Crippen LogP contribution is 2.20. The van der Waals surface area contributed by atoms with Crippen LogP contribution in [0.4, 0.5) is 4.79 Å². The monoisotopic (exact) mass is 342 g/mol. The Morgan fingerprint density at radius 1 is 0.880 bits per heavy atom. The molecule has 0 saturated carbocycles. The van der Waals surface area contributed by atoms with Crippen LogP contribution in [0.25, 0.3) is 0 Å². The van der Waals surface area contributed by atoms with Gasteiger partial charge in [0.2, 0.25) is 0 Å². The van der Waals surface area contributed by atoms with Crippen LogP contribution in [-0.4, -0.2) is 17.5 Å². The fraction of sp³-hybridized carbons (Fsp3) is 0.300. The van der Waals surface area contributed by atoms with Crippen LogP contribution in [0.3, 0.4) is 0 Å². The predicted octanol–water partition coefficient (Wildman–Crippen LogP) is 4.86. The van der Waals surface area contributed by atoms with Crippen LogP contribution < -0.4 is 0 Å². The molecule has 0 radical (unpaired) electrons. The summed E-state index contributed by atoms with van der Waals surface area (Å²) in [5, 5.41) is 0. The highest BCUT2D eigenvalue weighted by Gasteiger charge is 2.19. The van der Waals surface area contributed by atoms with Crippen LogP contribution in [0.1, 0.15) is 55.3 Å². The molecule has 5 nitrogen and oxygen atoms in total. The number of ether oxygens (including phenoxy) is 1. The summed E-state index contributed by atoms with van der Waals surface area (Å²) in [6.07, 6.45) is -1.44. The molecule has 5 heteroatoms. The first kappa shape index (κ1) is 18.7. The average Bonchev–Trinajstić information content (AvgIpc) is 2.59. The van der Waals surface area contributed by atoms with Gasteiger partial charge in [-0.1, -0.05) is 54.6 Å². The van der Waals surface area contributed by atoms with Gasteiger partial charge in [-0.3, -0.25) is 9.68 Å². The second kappa shape index (κ2) is 7.94. The molecular formula is C20H22O5. The van der Waals surface area contributed by atoms with Crippen molar-refractivity contribution in [3.63, 3.8) is 0 Å². The maximum absolute atomic E-state index is 12.4. The summed E-state index contributed by atoms with van der Waals surface area (Å²) in [4.78, 5) is 33.5. The van der Waals surface area contributed by atoms with E-state index >= 15 is 0 Å². The molecule has 132 valence electrons. The minimum absolute atomic E-state index is 0.0568. The highest BCUT2D eigenvalue weighted by atomic mass is 17.2. The molecule has 25 heavy (non-hydrogen) atoms. The summed E-state index contributed by atoms with van der Waals surface area (Å²) in [7, 11) is 0. The molecule has 0 spiro atoms. The minimum Gasteiger partial charge on any atom is -0.424 e. The third-order valence-corrected chi connectivity index (χ3v) is 3.31. The average molecular weight is 342 g/mol. The Morgan fingerprint density at radius 3 is 2.00 bits per heavy atom. The number of hydrogen-bond donors (Lipinski definition) is 0. The Morgan fingerprint density at radius 2 is 1.44 bits per heavy atom. The summed E-state index contributed by atoms with van der Waals surface area (Å²) in [5.41, 5.74) is 1.34. The molecule has 0 aliphatic rings. The van der Waals surface area contributed by atoms with Gasteiger partial charge in [0.25, 0.3) is 0 Å². The summed E-state index contributed by atoms with van der Waals surface area (Å²) in [6.45, 7) is 6.98. The van der Waals surface area contributed by atoms with Gasteiger partial charge in [0.05, 0.1) is 0 Å². The van der Waals surface area contributed by atoms with Crippen molar-refractivity contribution in [2.75, 3.05) is 0 Å². The Labute approximate surface area is 147 Å². The second-order valence-corrected chi connectivity index (χ2v) is 6.61. The Kier molecular flexibility index (Phi) is 5.93. The van der Waals surface area contributed by atoms with Crippen LogP contribution in [-0.2, 0) is 14.5 Å². The van der Waals surface area contributed by atoms with Crippen LogP contribution in [0.15, 0.2) is 54.6 Å². The molecule has 0 saturated heterocycles. The van der Waals surface area contributed by atoms with Crippen molar-refractivity contribution in [3.8, 4) is 0 Å². The molecule has 1 atom stereocenters. The van der Waals surface area contributed by atoms with Crippen molar-refractivity contribution < 1.29 is 24.1 Å². The molecule has 2 aromatic rings. The van der Waals surface area contributed by atoms with E-state index in [2.05, 4.69) is 4.89 Å². The van der Waals surface area contributed by atoms with Crippen molar-refractivity contribution in [2.45, 2.75) is 39.4 Å². The molecule has 2 rings (SSSR count). The van der Waals surface area contributed by atoms with Gasteiger partial charge in [-0.05, 0) is 33.3 Å². The van der Waals surface area contributed by atoms with Crippen LogP contribution in [0.2, 0.25) is 0 Å². The zero-order valence-electron chi connectivity index (χ0n) is 14.8. The van der Waals surface area contributed by atoms with Crippen molar-refractivity contribution in [3.05, 3.63) is 71.3 Å². The van der Waals surface area contributed by atoms with Gasteiger partial charge in [0, 0.05) is 11.1 Å². The van der Waals surface area contributed by atoms with Gasteiger partial charge in [-0.25, -0.2) is 4.79 Å². The standard InChI is InChI=1S/C20H22O5/c1-14(23-19(22)24-25-20(2,3)4)15-10-12-17(13-11-15)18(21)16-8-6-5-7-9-16/h5-14H,1-4H3. The van der Waals surface area contributed by atoms with Gasteiger partial charge < -0.3 is 4.74 Å². The van der Waals surface area contributed by atoms with E-state index in [1.165, 1.54) is 0 Å².